The molecule has 5 nitrogen and oxygen atoms in total. The van der Waals surface area contributed by atoms with Gasteiger partial charge in [-0.2, -0.15) is 5.10 Å². The molecule has 1 fully saturated rings. The second-order valence-corrected chi connectivity index (χ2v) is 5.37. The first-order chi connectivity index (χ1) is 8.44. The molecular formula is C13H22N4O. The molecule has 1 aliphatic heterocycles. The van der Waals surface area contributed by atoms with Gasteiger partial charge in [-0.15, -0.1) is 0 Å². The standard InChI is InChI=1S/C13H22N4O/c1-9(11-8-15-17(4)10(11)2)16-12(18)13(3)6-5-7-14-13/h8-9,14H,5-7H2,1-4H3,(H,16,18). The van der Waals surface area contributed by atoms with Crippen molar-refractivity contribution in [2.75, 3.05) is 6.54 Å². The van der Waals surface area contributed by atoms with Gasteiger partial charge in [-0.3, -0.25) is 9.48 Å². The van der Waals surface area contributed by atoms with E-state index in [9.17, 15) is 4.79 Å². The van der Waals surface area contributed by atoms with Crippen LogP contribution in [0, 0.1) is 6.92 Å². The van der Waals surface area contributed by atoms with E-state index in [1.807, 2.05) is 38.7 Å². The quantitative estimate of drug-likeness (QED) is 0.843. The Hall–Kier alpha value is -1.36. The summed E-state index contributed by atoms with van der Waals surface area (Å²) < 4.78 is 1.83. The summed E-state index contributed by atoms with van der Waals surface area (Å²) >= 11 is 0. The van der Waals surface area contributed by atoms with Crippen molar-refractivity contribution in [2.24, 2.45) is 7.05 Å². The average Bonchev–Trinajstić information content (AvgIpc) is 2.89. The van der Waals surface area contributed by atoms with Crippen LogP contribution < -0.4 is 10.6 Å². The molecule has 0 bridgehead atoms. The van der Waals surface area contributed by atoms with Gasteiger partial charge < -0.3 is 10.6 Å². The number of nitrogens with zero attached hydrogens (tertiary/aromatic N) is 2. The lowest BCUT2D eigenvalue weighted by Crippen LogP contribution is -2.51. The molecule has 0 spiro atoms. The van der Waals surface area contributed by atoms with Gasteiger partial charge in [0.1, 0.15) is 0 Å². The highest BCUT2D eigenvalue weighted by molar-refractivity contribution is 5.86. The van der Waals surface area contributed by atoms with Gasteiger partial charge in [0.05, 0.1) is 17.8 Å². The van der Waals surface area contributed by atoms with E-state index in [4.69, 9.17) is 0 Å². The fourth-order valence-corrected chi connectivity index (χ4v) is 2.46. The number of carbonyl (C=O) groups is 1. The van der Waals surface area contributed by atoms with Gasteiger partial charge in [0.25, 0.3) is 0 Å². The van der Waals surface area contributed by atoms with Gasteiger partial charge in [-0.1, -0.05) is 0 Å². The Bertz CT molecular complexity index is 446. The van der Waals surface area contributed by atoms with Gasteiger partial charge in [0.2, 0.25) is 5.91 Å². The fourth-order valence-electron chi connectivity index (χ4n) is 2.46. The van der Waals surface area contributed by atoms with Crippen molar-refractivity contribution < 1.29 is 4.79 Å². The van der Waals surface area contributed by atoms with Crippen molar-refractivity contribution in [1.29, 1.82) is 0 Å². The maximum absolute atomic E-state index is 12.3. The minimum atomic E-state index is -0.412. The van der Waals surface area contributed by atoms with Crippen LogP contribution in [0.2, 0.25) is 0 Å². The first-order valence-corrected chi connectivity index (χ1v) is 6.48. The summed E-state index contributed by atoms with van der Waals surface area (Å²) in [6.45, 7) is 6.91. The van der Waals surface area contributed by atoms with Crippen LogP contribution in [0.15, 0.2) is 6.20 Å². The second-order valence-electron chi connectivity index (χ2n) is 5.37. The Labute approximate surface area is 108 Å². The Morgan fingerprint density at radius 2 is 2.39 bits per heavy atom. The third-order valence-electron chi connectivity index (χ3n) is 3.96. The summed E-state index contributed by atoms with van der Waals surface area (Å²) in [7, 11) is 1.91. The predicted octanol–water partition coefficient (Wildman–Crippen LogP) is 1.05. The van der Waals surface area contributed by atoms with Gasteiger partial charge in [0, 0.05) is 18.3 Å². The van der Waals surface area contributed by atoms with Gasteiger partial charge >= 0.3 is 0 Å². The topological polar surface area (TPSA) is 59.0 Å². The Morgan fingerprint density at radius 1 is 1.67 bits per heavy atom. The normalized spacial score (nSPS) is 25.1. The molecule has 1 aliphatic rings. The van der Waals surface area contributed by atoms with Crippen molar-refractivity contribution in [3.8, 4) is 0 Å². The fraction of sp³-hybridized carbons (Fsp3) is 0.692. The molecule has 100 valence electrons. The molecule has 0 aliphatic carbocycles. The lowest BCUT2D eigenvalue weighted by atomic mass is 9.98. The molecule has 0 aromatic carbocycles. The van der Waals surface area contributed by atoms with Crippen LogP contribution in [0.4, 0.5) is 0 Å². The molecule has 1 saturated heterocycles. The van der Waals surface area contributed by atoms with Crippen LogP contribution >= 0.6 is 0 Å². The van der Waals surface area contributed by atoms with E-state index >= 15 is 0 Å². The molecule has 1 amide bonds. The van der Waals surface area contributed by atoms with Crippen molar-refractivity contribution in [2.45, 2.75) is 45.2 Å². The summed E-state index contributed by atoms with van der Waals surface area (Å²) in [5, 5.41) is 10.6. The number of amides is 1. The highest BCUT2D eigenvalue weighted by atomic mass is 16.2. The molecule has 2 heterocycles. The molecule has 18 heavy (non-hydrogen) atoms. The highest BCUT2D eigenvalue weighted by Gasteiger charge is 2.36. The number of hydrogen-bond donors (Lipinski definition) is 2. The summed E-state index contributed by atoms with van der Waals surface area (Å²) in [5.74, 6) is 0.0794. The van der Waals surface area contributed by atoms with Crippen LogP contribution in [0.1, 0.15) is 44.0 Å². The first-order valence-electron chi connectivity index (χ1n) is 6.48. The molecule has 0 radical (unpaired) electrons. The van der Waals surface area contributed by atoms with E-state index < -0.39 is 5.54 Å². The van der Waals surface area contributed by atoms with E-state index in [0.29, 0.717) is 0 Å². The number of rotatable bonds is 3. The number of nitrogens with one attached hydrogen (secondary N) is 2. The van der Waals surface area contributed by atoms with E-state index in [1.54, 1.807) is 0 Å². The minimum Gasteiger partial charge on any atom is -0.348 e. The molecular weight excluding hydrogens is 228 g/mol. The van der Waals surface area contributed by atoms with Crippen molar-refractivity contribution >= 4 is 5.91 Å². The van der Waals surface area contributed by atoms with Crippen LogP contribution in [-0.4, -0.2) is 27.8 Å². The maximum atomic E-state index is 12.3. The van der Waals surface area contributed by atoms with E-state index in [-0.39, 0.29) is 11.9 Å². The Kier molecular flexibility index (Phi) is 3.43. The Balaban J connectivity index is 2.05. The number of aryl methyl sites for hydroxylation is 1. The molecule has 5 heteroatoms. The summed E-state index contributed by atoms with van der Waals surface area (Å²) in [6.07, 6.45) is 3.78. The van der Waals surface area contributed by atoms with Gasteiger partial charge in [-0.05, 0) is 40.2 Å². The van der Waals surface area contributed by atoms with Crippen LogP contribution in [0.25, 0.3) is 0 Å². The highest BCUT2D eigenvalue weighted by Crippen LogP contribution is 2.21. The summed E-state index contributed by atoms with van der Waals surface area (Å²) in [6, 6.07) is -0.00887. The van der Waals surface area contributed by atoms with E-state index in [2.05, 4.69) is 15.7 Å². The number of carbonyl (C=O) groups excluding carboxylic acids is 1. The van der Waals surface area contributed by atoms with Gasteiger partial charge in [0.15, 0.2) is 0 Å². The Morgan fingerprint density at radius 3 is 2.89 bits per heavy atom. The SMILES string of the molecule is Cc1c(C(C)NC(=O)C2(C)CCCN2)cnn1C. The number of aromatic nitrogens is 2. The van der Waals surface area contributed by atoms with E-state index in [0.717, 1.165) is 30.6 Å². The number of hydrogen-bond acceptors (Lipinski definition) is 3. The smallest absolute Gasteiger partial charge is 0.240 e. The third kappa shape index (κ3) is 2.27. The molecule has 0 saturated carbocycles. The van der Waals surface area contributed by atoms with Crippen molar-refractivity contribution in [1.82, 2.24) is 20.4 Å². The second kappa shape index (κ2) is 4.72. The molecule has 2 atom stereocenters. The van der Waals surface area contributed by atoms with Crippen LogP contribution in [0.5, 0.6) is 0 Å². The summed E-state index contributed by atoms with van der Waals surface area (Å²) in [5.41, 5.74) is 1.75. The maximum Gasteiger partial charge on any atom is 0.240 e. The van der Waals surface area contributed by atoms with Crippen LogP contribution in [0.3, 0.4) is 0 Å². The molecule has 1 aromatic heterocycles. The molecule has 2 rings (SSSR count). The van der Waals surface area contributed by atoms with Crippen molar-refractivity contribution in [3.63, 3.8) is 0 Å². The lowest BCUT2D eigenvalue weighted by Gasteiger charge is -2.25. The van der Waals surface area contributed by atoms with Gasteiger partial charge in [-0.25, -0.2) is 0 Å². The zero-order valence-corrected chi connectivity index (χ0v) is 11.6. The first kappa shape index (κ1) is 13.1. The van der Waals surface area contributed by atoms with E-state index in [1.165, 1.54) is 0 Å². The largest absolute Gasteiger partial charge is 0.348 e. The van der Waals surface area contributed by atoms with Crippen LogP contribution in [-0.2, 0) is 11.8 Å². The minimum absolute atomic E-state index is 0.00887. The molecule has 2 N–H and O–H groups in total. The molecule has 1 aromatic rings. The lowest BCUT2D eigenvalue weighted by molar-refractivity contribution is -0.127. The predicted molar refractivity (Wildman–Crippen MR) is 70.1 cm³/mol. The van der Waals surface area contributed by atoms with Crippen molar-refractivity contribution in [3.05, 3.63) is 17.5 Å². The zero-order chi connectivity index (χ0) is 13.3. The average molecular weight is 250 g/mol. The summed E-state index contributed by atoms with van der Waals surface area (Å²) in [4.78, 5) is 12.3. The zero-order valence-electron chi connectivity index (χ0n) is 11.6. The molecule has 2 unspecified atom stereocenters. The third-order valence-corrected chi connectivity index (χ3v) is 3.96. The monoisotopic (exact) mass is 250 g/mol.